The molecule has 2 aromatic carbocycles. The van der Waals surface area contributed by atoms with Gasteiger partial charge in [-0.05, 0) is 48.3 Å². The normalized spacial score (nSPS) is 10.2. The quantitative estimate of drug-likeness (QED) is 0.750. The fraction of sp³-hybridized carbons (Fsp3) is 0.235. The summed E-state index contributed by atoms with van der Waals surface area (Å²) < 4.78 is 0. The van der Waals surface area contributed by atoms with Crippen LogP contribution in [-0.2, 0) is 12.8 Å². The second kappa shape index (κ2) is 7.43. The third-order valence-electron chi connectivity index (χ3n) is 3.36. The van der Waals surface area contributed by atoms with Crippen LogP contribution in [0.4, 0.5) is 11.4 Å². The summed E-state index contributed by atoms with van der Waals surface area (Å²) in [7, 11) is 0. The molecule has 0 aliphatic carbocycles. The first-order valence-electron chi connectivity index (χ1n) is 7.09. The molecule has 0 saturated carbocycles. The number of rotatable bonds is 4. The first-order chi connectivity index (χ1) is 10.2. The molecule has 0 bridgehead atoms. The van der Waals surface area contributed by atoms with Crippen molar-refractivity contribution in [2.24, 2.45) is 0 Å². The second-order valence-electron chi connectivity index (χ2n) is 4.72. The third-order valence-corrected chi connectivity index (χ3v) is 3.89. The van der Waals surface area contributed by atoms with Gasteiger partial charge in [-0.1, -0.05) is 55.8 Å². The Bertz CT molecular complexity index is 618. The van der Waals surface area contributed by atoms with Crippen LogP contribution >= 0.6 is 23.8 Å². The lowest BCUT2D eigenvalue weighted by Crippen LogP contribution is -2.21. The minimum atomic E-state index is 0.554. The predicted molar refractivity (Wildman–Crippen MR) is 96.5 cm³/mol. The summed E-state index contributed by atoms with van der Waals surface area (Å²) in [5.41, 5.74) is 4.44. The highest BCUT2D eigenvalue weighted by molar-refractivity contribution is 7.80. The summed E-state index contributed by atoms with van der Waals surface area (Å²) in [5, 5.41) is 7.68. The van der Waals surface area contributed by atoms with Crippen molar-refractivity contribution in [3.05, 3.63) is 58.6 Å². The number of benzene rings is 2. The second-order valence-corrected chi connectivity index (χ2v) is 5.53. The molecule has 0 aliphatic heterocycles. The summed E-state index contributed by atoms with van der Waals surface area (Å²) >= 11 is 11.6. The van der Waals surface area contributed by atoms with Gasteiger partial charge in [0, 0.05) is 5.69 Å². The molecule has 0 atom stereocenters. The van der Waals surface area contributed by atoms with Gasteiger partial charge in [-0.15, -0.1) is 0 Å². The Morgan fingerprint density at radius 2 is 1.57 bits per heavy atom. The lowest BCUT2D eigenvalue weighted by Gasteiger charge is -2.17. The molecule has 0 aromatic heterocycles. The Balaban J connectivity index is 2.18. The number of anilines is 2. The van der Waals surface area contributed by atoms with Gasteiger partial charge in [0.15, 0.2) is 5.11 Å². The largest absolute Gasteiger partial charge is 0.332 e. The van der Waals surface area contributed by atoms with Gasteiger partial charge in [0.05, 0.1) is 10.7 Å². The van der Waals surface area contributed by atoms with Crippen LogP contribution in [0.3, 0.4) is 0 Å². The van der Waals surface area contributed by atoms with E-state index in [1.807, 2.05) is 24.3 Å². The van der Waals surface area contributed by atoms with Crippen molar-refractivity contribution in [2.45, 2.75) is 26.7 Å². The van der Waals surface area contributed by atoms with Crippen molar-refractivity contribution in [3.8, 4) is 0 Å². The van der Waals surface area contributed by atoms with Crippen molar-refractivity contribution >= 4 is 40.3 Å². The van der Waals surface area contributed by atoms with E-state index in [4.69, 9.17) is 23.8 Å². The third kappa shape index (κ3) is 3.96. The number of para-hydroxylation sites is 2. The van der Waals surface area contributed by atoms with Gasteiger partial charge in [-0.3, -0.25) is 0 Å². The van der Waals surface area contributed by atoms with E-state index in [0.29, 0.717) is 10.1 Å². The molecule has 2 rings (SSSR count). The molecular weight excluding hydrogens is 300 g/mol. The SMILES string of the molecule is CCc1cccc(CC)c1NC(=S)Nc1ccccc1Cl. The number of hydrogen-bond acceptors (Lipinski definition) is 1. The lowest BCUT2D eigenvalue weighted by atomic mass is 10.0. The monoisotopic (exact) mass is 318 g/mol. The molecule has 0 saturated heterocycles. The molecular formula is C17H19ClN2S. The highest BCUT2D eigenvalue weighted by Crippen LogP contribution is 2.24. The number of aryl methyl sites for hydroxylation is 2. The Hall–Kier alpha value is -1.58. The van der Waals surface area contributed by atoms with Crippen LogP contribution in [0.2, 0.25) is 5.02 Å². The first kappa shape index (κ1) is 15.8. The van der Waals surface area contributed by atoms with Crippen LogP contribution in [0.25, 0.3) is 0 Å². The van der Waals surface area contributed by atoms with Crippen molar-refractivity contribution in [1.82, 2.24) is 0 Å². The summed E-state index contributed by atoms with van der Waals surface area (Å²) in [6.07, 6.45) is 1.93. The minimum Gasteiger partial charge on any atom is -0.332 e. The summed E-state index contributed by atoms with van der Waals surface area (Å²) in [6, 6.07) is 13.9. The first-order valence-corrected chi connectivity index (χ1v) is 7.87. The standard InChI is InChI=1S/C17H19ClN2S/c1-3-12-8-7-9-13(4-2)16(12)20-17(21)19-15-11-6-5-10-14(15)18/h5-11H,3-4H2,1-2H3,(H2,19,20,21). The molecule has 2 aromatic rings. The van der Waals surface area contributed by atoms with E-state index in [1.54, 1.807) is 0 Å². The molecule has 0 fully saturated rings. The van der Waals surface area contributed by atoms with E-state index >= 15 is 0 Å². The summed E-state index contributed by atoms with van der Waals surface area (Å²) in [4.78, 5) is 0. The lowest BCUT2D eigenvalue weighted by molar-refractivity contribution is 1.09. The minimum absolute atomic E-state index is 0.554. The van der Waals surface area contributed by atoms with E-state index < -0.39 is 0 Å². The molecule has 0 unspecified atom stereocenters. The molecule has 0 heterocycles. The zero-order chi connectivity index (χ0) is 15.2. The highest BCUT2D eigenvalue weighted by atomic mass is 35.5. The van der Waals surface area contributed by atoms with Crippen LogP contribution in [-0.4, -0.2) is 5.11 Å². The molecule has 0 aliphatic rings. The van der Waals surface area contributed by atoms with Gasteiger partial charge >= 0.3 is 0 Å². The summed E-state index contributed by atoms with van der Waals surface area (Å²) in [6.45, 7) is 4.29. The Morgan fingerprint density at radius 3 is 2.14 bits per heavy atom. The molecule has 2 nitrogen and oxygen atoms in total. The van der Waals surface area contributed by atoms with Crippen molar-refractivity contribution in [3.63, 3.8) is 0 Å². The predicted octanol–water partition coefficient (Wildman–Crippen LogP) is 5.27. The molecule has 110 valence electrons. The van der Waals surface area contributed by atoms with Gasteiger partial charge in [-0.2, -0.15) is 0 Å². The van der Waals surface area contributed by atoms with E-state index in [1.165, 1.54) is 11.1 Å². The Kier molecular flexibility index (Phi) is 5.59. The van der Waals surface area contributed by atoms with E-state index in [9.17, 15) is 0 Å². The summed E-state index contributed by atoms with van der Waals surface area (Å²) in [5.74, 6) is 0. The van der Waals surface area contributed by atoms with Crippen LogP contribution in [0.1, 0.15) is 25.0 Å². The zero-order valence-corrected chi connectivity index (χ0v) is 13.8. The number of hydrogen-bond donors (Lipinski definition) is 2. The van der Waals surface area contributed by atoms with E-state index in [-0.39, 0.29) is 0 Å². The molecule has 2 N–H and O–H groups in total. The molecule has 0 radical (unpaired) electrons. The molecule has 21 heavy (non-hydrogen) atoms. The molecule has 4 heteroatoms. The van der Waals surface area contributed by atoms with Crippen LogP contribution in [0.5, 0.6) is 0 Å². The van der Waals surface area contributed by atoms with Gasteiger partial charge in [0.1, 0.15) is 0 Å². The van der Waals surface area contributed by atoms with Gasteiger partial charge < -0.3 is 10.6 Å². The van der Waals surface area contributed by atoms with Crippen LogP contribution < -0.4 is 10.6 Å². The Labute approximate surface area is 136 Å². The van der Waals surface area contributed by atoms with Gasteiger partial charge in [0.2, 0.25) is 0 Å². The number of thiocarbonyl (C=S) groups is 1. The van der Waals surface area contributed by atoms with E-state index in [2.05, 4.69) is 42.7 Å². The van der Waals surface area contributed by atoms with Crippen LogP contribution in [0, 0.1) is 0 Å². The molecule has 0 spiro atoms. The van der Waals surface area contributed by atoms with Crippen molar-refractivity contribution < 1.29 is 0 Å². The van der Waals surface area contributed by atoms with E-state index in [0.717, 1.165) is 24.2 Å². The maximum Gasteiger partial charge on any atom is 0.175 e. The highest BCUT2D eigenvalue weighted by Gasteiger charge is 2.08. The smallest absolute Gasteiger partial charge is 0.175 e. The topological polar surface area (TPSA) is 24.1 Å². The fourth-order valence-electron chi connectivity index (χ4n) is 2.23. The number of nitrogens with one attached hydrogen (secondary N) is 2. The Morgan fingerprint density at radius 1 is 0.952 bits per heavy atom. The van der Waals surface area contributed by atoms with Crippen LogP contribution in [0.15, 0.2) is 42.5 Å². The average molecular weight is 319 g/mol. The van der Waals surface area contributed by atoms with Gasteiger partial charge in [-0.25, -0.2) is 0 Å². The zero-order valence-electron chi connectivity index (χ0n) is 12.2. The fourth-order valence-corrected chi connectivity index (χ4v) is 2.63. The maximum atomic E-state index is 6.14. The average Bonchev–Trinajstić information content (AvgIpc) is 2.49. The van der Waals surface area contributed by atoms with Gasteiger partial charge in [0.25, 0.3) is 0 Å². The molecule has 0 amide bonds. The number of halogens is 1. The maximum absolute atomic E-state index is 6.14. The van der Waals surface area contributed by atoms with Crippen molar-refractivity contribution in [2.75, 3.05) is 10.6 Å². The van der Waals surface area contributed by atoms with Crippen molar-refractivity contribution in [1.29, 1.82) is 0 Å².